The maximum absolute atomic E-state index is 12.7. The number of rotatable bonds is 4. The molecule has 0 unspecified atom stereocenters. The van der Waals surface area contributed by atoms with E-state index in [4.69, 9.17) is 0 Å². The molecule has 5 nitrogen and oxygen atoms in total. The highest BCUT2D eigenvalue weighted by molar-refractivity contribution is 6.03. The van der Waals surface area contributed by atoms with E-state index >= 15 is 0 Å². The van der Waals surface area contributed by atoms with Gasteiger partial charge in [-0.1, -0.05) is 30.3 Å². The summed E-state index contributed by atoms with van der Waals surface area (Å²) < 4.78 is 0. The zero-order valence-electron chi connectivity index (χ0n) is 15.9. The quantitative estimate of drug-likeness (QED) is 0.584. The average molecular weight is 371 g/mol. The van der Waals surface area contributed by atoms with Crippen molar-refractivity contribution in [3.63, 3.8) is 0 Å². The highest BCUT2D eigenvalue weighted by Crippen LogP contribution is 2.31. The molecule has 1 N–H and O–H groups in total. The minimum absolute atomic E-state index is 0.0494. The minimum atomic E-state index is -0.193. The molecule has 1 aromatic heterocycles. The molecule has 0 spiro atoms. The maximum atomic E-state index is 12.7. The molecule has 1 heterocycles. The monoisotopic (exact) mass is 371 g/mol. The van der Waals surface area contributed by atoms with Crippen LogP contribution in [0.1, 0.15) is 24.2 Å². The Kier molecular flexibility index (Phi) is 4.65. The topological polar surface area (TPSA) is 66.1 Å². The van der Waals surface area contributed by atoms with Crippen LogP contribution in [0.4, 0.5) is 0 Å². The number of nitrogens with zero attached hydrogens (tertiary/aromatic N) is 2. The van der Waals surface area contributed by atoms with Crippen molar-refractivity contribution in [3.05, 3.63) is 76.7 Å². The summed E-state index contributed by atoms with van der Waals surface area (Å²) in [5, 5.41) is 9.84. The van der Waals surface area contributed by atoms with Gasteiger partial charge in [0.05, 0.1) is 11.6 Å². The standard InChI is InChI=1S/C23H21N3O2/c1-3-26(4-2)23(28)17-9-10-20-15(12-17)6-5-7-19(20)16-8-11-21-18(13-16)14-24-25-22(21)27/h5-14H,3-4H2,1-2H3,(H,25,27). The third kappa shape index (κ3) is 3.05. The van der Waals surface area contributed by atoms with Crippen molar-refractivity contribution in [2.75, 3.05) is 13.1 Å². The number of fused-ring (bicyclic) bond motifs is 2. The Morgan fingerprint density at radius 1 is 0.964 bits per heavy atom. The zero-order valence-corrected chi connectivity index (χ0v) is 15.9. The summed E-state index contributed by atoms with van der Waals surface area (Å²) in [6.07, 6.45) is 1.66. The largest absolute Gasteiger partial charge is 0.339 e. The van der Waals surface area contributed by atoms with Gasteiger partial charge in [0.1, 0.15) is 0 Å². The first-order valence-corrected chi connectivity index (χ1v) is 9.42. The van der Waals surface area contributed by atoms with E-state index in [1.165, 1.54) is 0 Å². The van der Waals surface area contributed by atoms with Crippen molar-refractivity contribution in [2.45, 2.75) is 13.8 Å². The summed E-state index contributed by atoms with van der Waals surface area (Å²) in [4.78, 5) is 26.4. The highest BCUT2D eigenvalue weighted by Gasteiger charge is 2.14. The van der Waals surface area contributed by atoms with Crippen LogP contribution in [0.25, 0.3) is 32.7 Å². The number of carbonyl (C=O) groups is 1. The van der Waals surface area contributed by atoms with Gasteiger partial charge in [0.15, 0.2) is 0 Å². The number of benzene rings is 3. The van der Waals surface area contributed by atoms with Crippen LogP contribution in [0.2, 0.25) is 0 Å². The summed E-state index contributed by atoms with van der Waals surface area (Å²) in [7, 11) is 0. The summed E-state index contributed by atoms with van der Waals surface area (Å²) in [5.74, 6) is 0.0494. The molecular formula is C23H21N3O2. The summed E-state index contributed by atoms with van der Waals surface area (Å²) in [5.41, 5.74) is 2.57. The third-order valence-corrected chi connectivity index (χ3v) is 5.15. The van der Waals surface area contributed by atoms with Gasteiger partial charge in [-0.3, -0.25) is 9.59 Å². The van der Waals surface area contributed by atoms with Gasteiger partial charge < -0.3 is 4.90 Å². The number of hydrogen-bond donors (Lipinski definition) is 1. The minimum Gasteiger partial charge on any atom is -0.339 e. The lowest BCUT2D eigenvalue weighted by atomic mass is 9.95. The molecule has 1 amide bonds. The van der Waals surface area contributed by atoms with Crippen LogP contribution in [0.5, 0.6) is 0 Å². The van der Waals surface area contributed by atoms with Gasteiger partial charge in [-0.25, -0.2) is 5.10 Å². The zero-order chi connectivity index (χ0) is 19.7. The van der Waals surface area contributed by atoms with Crippen LogP contribution in [-0.2, 0) is 0 Å². The molecule has 0 atom stereocenters. The van der Waals surface area contributed by atoms with Crippen LogP contribution in [0.3, 0.4) is 0 Å². The highest BCUT2D eigenvalue weighted by atomic mass is 16.2. The van der Waals surface area contributed by atoms with Crippen molar-refractivity contribution in [2.24, 2.45) is 0 Å². The van der Waals surface area contributed by atoms with Crippen LogP contribution in [-0.4, -0.2) is 34.1 Å². The van der Waals surface area contributed by atoms with Crippen LogP contribution < -0.4 is 5.56 Å². The molecule has 4 rings (SSSR count). The molecule has 28 heavy (non-hydrogen) atoms. The first kappa shape index (κ1) is 17.9. The van der Waals surface area contributed by atoms with E-state index in [0.717, 1.165) is 27.3 Å². The van der Waals surface area contributed by atoms with E-state index in [0.29, 0.717) is 24.0 Å². The number of H-pyrrole nitrogens is 1. The van der Waals surface area contributed by atoms with E-state index in [1.54, 1.807) is 6.20 Å². The fourth-order valence-corrected chi connectivity index (χ4v) is 3.63. The molecule has 0 radical (unpaired) electrons. The molecule has 0 aliphatic rings. The first-order valence-electron chi connectivity index (χ1n) is 9.42. The van der Waals surface area contributed by atoms with Crippen molar-refractivity contribution in [1.82, 2.24) is 15.1 Å². The molecule has 5 heteroatoms. The molecule has 0 aliphatic carbocycles. The summed E-state index contributed by atoms with van der Waals surface area (Å²) in [6, 6.07) is 17.6. The van der Waals surface area contributed by atoms with Gasteiger partial charge in [0, 0.05) is 24.0 Å². The number of aromatic nitrogens is 2. The maximum Gasteiger partial charge on any atom is 0.272 e. The lowest BCUT2D eigenvalue weighted by Gasteiger charge is -2.19. The van der Waals surface area contributed by atoms with E-state index in [1.807, 2.05) is 67.3 Å². The second-order valence-corrected chi connectivity index (χ2v) is 6.72. The molecule has 0 saturated carbocycles. The number of aromatic amines is 1. The van der Waals surface area contributed by atoms with Crippen LogP contribution in [0, 0.1) is 0 Å². The second kappa shape index (κ2) is 7.27. The Morgan fingerprint density at radius 2 is 1.75 bits per heavy atom. The predicted octanol–water partition coefficient (Wildman–Crippen LogP) is 4.23. The van der Waals surface area contributed by atoms with Crippen molar-refractivity contribution < 1.29 is 4.79 Å². The molecule has 140 valence electrons. The number of hydrogen-bond acceptors (Lipinski definition) is 3. The van der Waals surface area contributed by atoms with Gasteiger partial charge in [-0.15, -0.1) is 0 Å². The van der Waals surface area contributed by atoms with Crippen molar-refractivity contribution in [1.29, 1.82) is 0 Å². The lowest BCUT2D eigenvalue weighted by Crippen LogP contribution is -2.30. The fourth-order valence-electron chi connectivity index (χ4n) is 3.63. The Labute approximate surface area is 162 Å². The van der Waals surface area contributed by atoms with Gasteiger partial charge in [0.25, 0.3) is 11.5 Å². The van der Waals surface area contributed by atoms with E-state index in [9.17, 15) is 9.59 Å². The first-order chi connectivity index (χ1) is 13.6. The average Bonchev–Trinajstić information content (AvgIpc) is 2.73. The van der Waals surface area contributed by atoms with Crippen LogP contribution in [0.15, 0.2) is 65.6 Å². The van der Waals surface area contributed by atoms with Gasteiger partial charge >= 0.3 is 0 Å². The predicted molar refractivity (Wildman–Crippen MR) is 113 cm³/mol. The Morgan fingerprint density at radius 3 is 2.54 bits per heavy atom. The van der Waals surface area contributed by atoms with Gasteiger partial charge in [-0.05, 0) is 60.0 Å². The number of amides is 1. The summed E-state index contributed by atoms with van der Waals surface area (Å²) >= 11 is 0. The molecule has 3 aromatic carbocycles. The fraction of sp³-hybridized carbons (Fsp3) is 0.174. The molecule has 0 aliphatic heterocycles. The van der Waals surface area contributed by atoms with Crippen molar-refractivity contribution >= 4 is 27.5 Å². The smallest absolute Gasteiger partial charge is 0.272 e. The Hall–Kier alpha value is -3.47. The van der Waals surface area contributed by atoms with Crippen LogP contribution >= 0.6 is 0 Å². The summed E-state index contributed by atoms with van der Waals surface area (Å²) in [6.45, 7) is 5.36. The molecule has 0 bridgehead atoms. The Balaban J connectivity index is 1.83. The molecule has 4 aromatic rings. The lowest BCUT2D eigenvalue weighted by molar-refractivity contribution is 0.0773. The van der Waals surface area contributed by atoms with Gasteiger partial charge in [-0.2, -0.15) is 5.10 Å². The van der Waals surface area contributed by atoms with E-state index in [-0.39, 0.29) is 11.5 Å². The second-order valence-electron chi connectivity index (χ2n) is 6.72. The van der Waals surface area contributed by atoms with E-state index in [2.05, 4.69) is 16.3 Å². The molecular weight excluding hydrogens is 350 g/mol. The third-order valence-electron chi connectivity index (χ3n) is 5.15. The normalized spacial score (nSPS) is 11.1. The number of carbonyl (C=O) groups excluding carboxylic acids is 1. The Bertz CT molecular complexity index is 1240. The SMILES string of the molecule is CCN(CC)C(=O)c1ccc2c(-c3ccc4c(=O)[nH]ncc4c3)cccc2c1. The van der Waals surface area contributed by atoms with Gasteiger partial charge in [0.2, 0.25) is 0 Å². The van der Waals surface area contributed by atoms with E-state index < -0.39 is 0 Å². The molecule has 0 saturated heterocycles. The molecule has 0 fully saturated rings. The number of nitrogens with one attached hydrogen (secondary N) is 1. The van der Waals surface area contributed by atoms with Crippen molar-refractivity contribution in [3.8, 4) is 11.1 Å².